The van der Waals surface area contributed by atoms with Crippen molar-refractivity contribution in [3.05, 3.63) is 64.7 Å². The monoisotopic (exact) mass is 405 g/mol. The number of hydrogen-bond acceptors (Lipinski definition) is 5. The summed E-state index contributed by atoms with van der Waals surface area (Å²) >= 11 is 0. The number of esters is 1. The van der Waals surface area contributed by atoms with Gasteiger partial charge in [0.2, 0.25) is 0 Å². The molecule has 0 aromatic heterocycles. The van der Waals surface area contributed by atoms with E-state index in [0.717, 1.165) is 19.3 Å². The van der Waals surface area contributed by atoms with Gasteiger partial charge in [0, 0.05) is 34.4 Å². The molecular formula is C24H23NO5. The van der Waals surface area contributed by atoms with E-state index in [1.807, 2.05) is 0 Å². The number of amides is 1. The first kappa shape index (κ1) is 20.0. The average molecular weight is 405 g/mol. The molecule has 2 aliphatic rings. The van der Waals surface area contributed by atoms with Crippen molar-refractivity contribution in [3.8, 4) is 0 Å². The van der Waals surface area contributed by atoms with Gasteiger partial charge in [-0.1, -0.05) is 49.9 Å². The van der Waals surface area contributed by atoms with Crippen LogP contribution in [0.25, 0.3) is 0 Å². The molecule has 0 spiro atoms. The van der Waals surface area contributed by atoms with E-state index in [9.17, 15) is 19.2 Å². The molecule has 1 fully saturated rings. The number of ether oxygens (including phenoxy) is 1. The van der Waals surface area contributed by atoms with Crippen LogP contribution in [0.2, 0.25) is 0 Å². The van der Waals surface area contributed by atoms with Gasteiger partial charge in [-0.3, -0.25) is 19.2 Å². The third kappa shape index (κ3) is 4.17. The van der Waals surface area contributed by atoms with Crippen molar-refractivity contribution < 1.29 is 23.9 Å². The first-order chi connectivity index (χ1) is 14.5. The van der Waals surface area contributed by atoms with Crippen LogP contribution in [0.1, 0.15) is 70.4 Å². The molecule has 30 heavy (non-hydrogen) atoms. The lowest BCUT2D eigenvalue weighted by Gasteiger charge is -2.18. The number of anilines is 1. The van der Waals surface area contributed by atoms with Crippen molar-refractivity contribution >= 4 is 29.1 Å². The highest BCUT2D eigenvalue weighted by molar-refractivity contribution is 6.28. The molecule has 2 aromatic carbocycles. The second-order valence-electron chi connectivity index (χ2n) is 7.86. The van der Waals surface area contributed by atoms with Crippen LogP contribution in [0.3, 0.4) is 0 Å². The summed E-state index contributed by atoms with van der Waals surface area (Å²) in [6, 6.07) is 11.3. The van der Waals surface area contributed by atoms with Crippen LogP contribution in [0, 0.1) is 5.92 Å². The number of nitrogens with one attached hydrogen (secondary N) is 1. The summed E-state index contributed by atoms with van der Waals surface area (Å²) in [7, 11) is 0. The predicted octanol–water partition coefficient (Wildman–Crippen LogP) is 3.91. The van der Waals surface area contributed by atoms with Gasteiger partial charge < -0.3 is 10.1 Å². The largest absolute Gasteiger partial charge is 0.456 e. The van der Waals surface area contributed by atoms with Crippen molar-refractivity contribution in [2.75, 3.05) is 11.9 Å². The fourth-order valence-corrected chi connectivity index (χ4v) is 4.21. The van der Waals surface area contributed by atoms with E-state index < -0.39 is 5.91 Å². The number of hydrogen-bond donors (Lipinski definition) is 1. The lowest BCUT2D eigenvalue weighted by molar-refractivity contribution is -0.147. The molecule has 0 aliphatic heterocycles. The summed E-state index contributed by atoms with van der Waals surface area (Å²) in [5.74, 6) is -0.741. The Labute approximate surface area is 174 Å². The van der Waals surface area contributed by atoms with Crippen molar-refractivity contribution in [3.63, 3.8) is 0 Å². The van der Waals surface area contributed by atoms with E-state index in [1.165, 1.54) is 25.0 Å². The van der Waals surface area contributed by atoms with Crippen LogP contribution in [0.15, 0.2) is 42.5 Å². The van der Waals surface area contributed by atoms with Gasteiger partial charge in [0.25, 0.3) is 5.91 Å². The predicted molar refractivity (Wildman–Crippen MR) is 111 cm³/mol. The van der Waals surface area contributed by atoms with Crippen molar-refractivity contribution in [1.29, 1.82) is 0 Å². The normalized spacial score (nSPS) is 15.5. The first-order valence-electron chi connectivity index (χ1n) is 10.3. The van der Waals surface area contributed by atoms with E-state index in [-0.39, 0.29) is 29.7 Å². The average Bonchev–Trinajstić information content (AvgIpc) is 3.28. The number of carbonyl (C=O) groups is 4. The van der Waals surface area contributed by atoms with E-state index in [0.29, 0.717) is 34.7 Å². The lowest BCUT2D eigenvalue weighted by atomic mass is 9.84. The van der Waals surface area contributed by atoms with E-state index >= 15 is 0 Å². The fourth-order valence-electron chi connectivity index (χ4n) is 4.21. The van der Waals surface area contributed by atoms with Crippen LogP contribution in [0.5, 0.6) is 0 Å². The smallest absolute Gasteiger partial charge is 0.306 e. The van der Waals surface area contributed by atoms with Crippen molar-refractivity contribution in [1.82, 2.24) is 0 Å². The Balaban J connectivity index is 1.35. The molecule has 4 rings (SSSR count). The standard InChI is InChI=1S/C24H23NO5/c26-21(14-30-22(27)12-9-15-5-1-2-6-15)25-16-10-11-19-20(13-16)24(29)18-8-4-3-7-17(18)23(19)28/h3-4,7-8,10-11,13,15H,1-2,5-6,9,12,14H2,(H,25,26). The van der Waals surface area contributed by atoms with Crippen LogP contribution in [-0.2, 0) is 14.3 Å². The zero-order chi connectivity index (χ0) is 21.1. The van der Waals surface area contributed by atoms with Gasteiger partial charge in [0.05, 0.1) is 0 Å². The third-order valence-corrected chi connectivity index (χ3v) is 5.80. The zero-order valence-corrected chi connectivity index (χ0v) is 16.6. The Bertz CT molecular complexity index is 1020. The Kier molecular flexibility index (Phi) is 5.74. The molecule has 154 valence electrons. The Morgan fingerprint density at radius 1 is 0.900 bits per heavy atom. The van der Waals surface area contributed by atoms with E-state index in [2.05, 4.69) is 5.32 Å². The number of fused-ring (bicyclic) bond motifs is 2. The zero-order valence-electron chi connectivity index (χ0n) is 16.6. The minimum Gasteiger partial charge on any atom is -0.456 e. The van der Waals surface area contributed by atoms with E-state index in [4.69, 9.17) is 4.74 Å². The molecule has 0 bridgehead atoms. The minimum atomic E-state index is -0.487. The number of ketones is 2. The molecule has 0 radical (unpaired) electrons. The Morgan fingerprint density at radius 3 is 2.23 bits per heavy atom. The number of carbonyl (C=O) groups excluding carboxylic acids is 4. The van der Waals surface area contributed by atoms with Crippen LogP contribution in [-0.4, -0.2) is 30.0 Å². The van der Waals surface area contributed by atoms with Gasteiger partial charge in [-0.15, -0.1) is 0 Å². The minimum absolute atomic E-state index is 0.214. The van der Waals surface area contributed by atoms with Gasteiger partial charge in [-0.25, -0.2) is 0 Å². The first-order valence-corrected chi connectivity index (χ1v) is 10.3. The molecule has 0 saturated heterocycles. The van der Waals surface area contributed by atoms with Crippen LogP contribution >= 0.6 is 0 Å². The molecule has 1 amide bonds. The van der Waals surface area contributed by atoms with Gasteiger partial charge in [0.1, 0.15) is 0 Å². The molecule has 6 nitrogen and oxygen atoms in total. The third-order valence-electron chi connectivity index (χ3n) is 5.80. The second-order valence-corrected chi connectivity index (χ2v) is 7.86. The maximum Gasteiger partial charge on any atom is 0.306 e. The summed E-state index contributed by atoms with van der Waals surface area (Å²) in [5, 5.41) is 2.62. The summed E-state index contributed by atoms with van der Waals surface area (Å²) in [6.45, 7) is -0.379. The second kappa shape index (κ2) is 8.61. The molecular weight excluding hydrogens is 382 g/mol. The fraction of sp³-hybridized carbons (Fsp3) is 0.333. The summed E-state index contributed by atoms with van der Waals surface area (Å²) < 4.78 is 5.06. The van der Waals surface area contributed by atoms with E-state index in [1.54, 1.807) is 30.3 Å². The summed E-state index contributed by atoms with van der Waals surface area (Å²) in [6.07, 6.45) is 5.91. The number of benzene rings is 2. The van der Waals surface area contributed by atoms with Gasteiger partial charge in [0.15, 0.2) is 18.2 Å². The highest BCUT2D eigenvalue weighted by Gasteiger charge is 2.29. The molecule has 0 heterocycles. The summed E-state index contributed by atoms with van der Waals surface area (Å²) in [5.41, 5.74) is 1.69. The molecule has 2 aliphatic carbocycles. The van der Waals surface area contributed by atoms with Crippen LogP contribution < -0.4 is 5.32 Å². The SMILES string of the molecule is O=C(COC(=O)CCC1CCCC1)Nc1ccc2c(c1)C(=O)c1ccccc1C2=O. The van der Waals surface area contributed by atoms with Gasteiger partial charge in [-0.2, -0.15) is 0 Å². The quantitative estimate of drug-likeness (QED) is 0.628. The van der Waals surface area contributed by atoms with Crippen molar-refractivity contribution in [2.24, 2.45) is 5.92 Å². The maximum absolute atomic E-state index is 12.8. The van der Waals surface area contributed by atoms with Crippen LogP contribution in [0.4, 0.5) is 5.69 Å². The maximum atomic E-state index is 12.8. The lowest BCUT2D eigenvalue weighted by Crippen LogP contribution is -2.23. The Hall–Kier alpha value is -3.28. The molecule has 2 aromatic rings. The van der Waals surface area contributed by atoms with Gasteiger partial charge >= 0.3 is 5.97 Å². The van der Waals surface area contributed by atoms with Gasteiger partial charge in [-0.05, 0) is 30.5 Å². The molecule has 0 unspecified atom stereocenters. The van der Waals surface area contributed by atoms with Crippen molar-refractivity contribution in [2.45, 2.75) is 38.5 Å². The summed E-state index contributed by atoms with van der Waals surface area (Å²) in [4.78, 5) is 49.4. The molecule has 1 saturated carbocycles. The molecule has 6 heteroatoms. The molecule has 0 atom stereocenters. The topological polar surface area (TPSA) is 89.5 Å². The highest BCUT2D eigenvalue weighted by Crippen LogP contribution is 2.30. The molecule has 1 N–H and O–H groups in total. The Morgan fingerprint density at radius 2 is 1.53 bits per heavy atom. The number of rotatable bonds is 6. The highest BCUT2D eigenvalue weighted by atomic mass is 16.5.